The summed E-state index contributed by atoms with van der Waals surface area (Å²) < 4.78 is 5.29. The highest BCUT2D eigenvalue weighted by molar-refractivity contribution is 6.31. The van der Waals surface area contributed by atoms with E-state index < -0.39 is 11.9 Å². The third kappa shape index (κ3) is 4.07. The van der Waals surface area contributed by atoms with Gasteiger partial charge >= 0.3 is 6.01 Å². The maximum absolute atomic E-state index is 12.8. The average Bonchev–Trinajstić information content (AvgIpc) is 3.39. The van der Waals surface area contributed by atoms with Gasteiger partial charge in [-0.15, -0.1) is 0 Å². The number of fused-ring (bicyclic) bond motifs is 1. The summed E-state index contributed by atoms with van der Waals surface area (Å²) in [6.45, 7) is 2.66. The second-order valence-corrected chi connectivity index (χ2v) is 8.54. The molecule has 0 aliphatic carbocycles. The fraction of sp³-hybridized carbons (Fsp3) is 0.261. The van der Waals surface area contributed by atoms with Gasteiger partial charge in [0.25, 0.3) is 5.91 Å². The number of aryl methyl sites for hydroxylation is 1. The van der Waals surface area contributed by atoms with Crippen LogP contribution in [0.15, 0.2) is 40.9 Å². The molecular weight excluding hydrogens is 446 g/mol. The molecule has 2 aromatic carbocycles. The van der Waals surface area contributed by atoms with Crippen molar-refractivity contribution in [2.24, 2.45) is 0 Å². The normalized spacial score (nSPS) is 17.8. The lowest BCUT2D eigenvalue weighted by atomic mass is 10.0. The first-order valence-electron chi connectivity index (χ1n) is 10.5. The summed E-state index contributed by atoms with van der Waals surface area (Å²) in [7, 11) is 0. The molecule has 2 aliphatic heterocycles. The van der Waals surface area contributed by atoms with Gasteiger partial charge in [0.15, 0.2) is 0 Å². The topological polar surface area (TPSA) is 117 Å². The Balaban J connectivity index is 1.26. The molecule has 5 rings (SSSR count). The van der Waals surface area contributed by atoms with E-state index in [1.54, 1.807) is 12.1 Å². The lowest BCUT2D eigenvalue weighted by Gasteiger charge is -2.29. The van der Waals surface area contributed by atoms with Gasteiger partial charge in [0.05, 0.1) is 0 Å². The molecule has 0 bridgehead atoms. The highest BCUT2D eigenvalue weighted by Crippen LogP contribution is 2.29. The van der Waals surface area contributed by atoms with Crippen molar-refractivity contribution in [3.63, 3.8) is 0 Å². The number of nitrogens with zero attached hydrogens (tertiary/aromatic N) is 3. The summed E-state index contributed by atoms with van der Waals surface area (Å²) in [6, 6.07) is 10.7. The Morgan fingerprint density at radius 2 is 2.06 bits per heavy atom. The van der Waals surface area contributed by atoms with Gasteiger partial charge in [0.2, 0.25) is 17.6 Å². The lowest BCUT2D eigenvalue weighted by molar-refractivity contribution is -0.136. The third-order valence-electron chi connectivity index (χ3n) is 5.89. The number of halogens is 1. The second kappa shape index (κ2) is 8.32. The molecule has 0 spiro atoms. The van der Waals surface area contributed by atoms with Crippen LogP contribution in [0.5, 0.6) is 0 Å². The van der Waals surface area contributed by atoms with Crippen LogP contribution in [0.25, 0.3) is 11.4 Å². The van der Waals surface area contributed by atoms with Crippen molar-refractivity contribution in [2.45, 2.75) is 38.9 Å². The van der Waals surface area contributed by atoms with Crippen LogP contribution < -0.4 is 10.6 Å². The summed E-state index contributed by atoms with van der Waals surface area (Å²) in [6.07, 6.45) is 0.567. The zero-order valence-electron chi connectivity index (χ0n) is 17.7. The number of hydrogen-bond acceptors (Lipinski definition) is 7. The van der Waals surface area contributed by atoms with Crippen molar-refractivity contribution < 1.29 is 18.9 Å². The van der Waals surface area contributed by atoms with Crippen molar-refractivity contribution in [1.82, 2.24) is 20.4 Å². The maximum atomic E-state index is 12.8. The van der Waals surface area contributed by atoms with Gasteiger partial charge in [-0.25, -0.2) is 0 Å². The van der Waals surface area contributed by atoms with E-state index in [0.717, 1.165) is 22.3 Å². The van der Waals surface area contributed by atoms with E-state index in [4.69, 9.17) is 16.1 Å². The van der Waals surface area contributed by atoms with E-state index in [1.807, 2.05) is 31.2 Å². The molecular formula is C23H20ClN5O4. The summed E-state index contributed by atoms with van der Waals surface area (Å²) in [5.74, 6) is -0.490. The van der Waals surface area contributed by atoms with Crippen molar-refractivity contribution in [1.29, 1.82) is 0 Å². The molecule has 168 valence electrons. The number of rotatable bonds is 5. The number of nitrogens with one attached hydrogen (secondary N) is 2. The molecule has 1 saturated heterocycles. The van der Waals surface area contributed by atoms with Gasteiger partial charge in [-0.2, -0.15) is 4.98 Å². The number of hydrogen-bond donors (Lipinski definition) is 2. The number of benzene rings is 2. The minimum atomic E-state index is -0.628. The second-order valence-electron chi connectivity index (χ2n) is 8.13. The molecule has 3 heterocycles. The molecule has 1 aromatic heterocycles. The lowest BCUT2D eigenvalue weighted by Crippen LogP contribution is -2.52. The SMILES string of the molecule is Cc1ccc(-c2noc(NCc3ccc4c(c3)CN(C3CCC(=O)NC3=O)C4=O)n2)cc1Cl. The van der Waals surface area contributed by atoms with Gasteiger partial charge in [0.1, 0.15) is 6.04 Å². The third-order valence-corrected chi connectivity index (χ3v) is 6.29. The average molecular weight is 466 g/mol. The van der Waals surface area contributed by atoms with Gasteiger partial charge in [0, 0.05) is 35.7 Å². The largest absolute Gasteiger partial charge is 0.334 e. The predicted octanol–water partition coefficient (Wildman–Crippen LogP) is 3.07. The van der Waals surface area contributed by atoms with Crippen LogP contribution in [0.1, 0.15) is 39.9 Å². The van der Waals surface area contributed by atoms with Crippen molar-refractivity contribution >= 4 is 35.3 Å². The van der Waals surface area contributed by atoms with Crippen LogP contribution in [0.4, 0.5) is 6.01 Å². The number of carbonyl (C=O) groups excluding carboxylic acids is 3. The van der Waals surface area contributed by atoms with Crippen molar-refractivity contribution in [2.75, 3.05) is 5.32 Å². The summed E-state index contributed by atoms with van der Waals surface area (Å²) >= 11 is 6.18. The monoisotopic (exact) mass is 465 g/mol. The van der Waals surface area contributed by atoms with Crippen molar-refractivity contribution in [3.05, 3.63) is 63.7 Å². The molecule has 9 nitrogen and oxygen atoms in total. The van der Waals surface area contributed by atoms with E-state index >= 15 is 0 Å². The van der Waals surface area contributed by atoms with Crippen LogP contribution >= 0.6 is 11.6 Å². The number of carbonyl (C=O) groups is 3. The molecule has 3 aromatic rings. The quantitative estimate of drug-likeness (QED) is 0.556. The first kappa shape index (κ1) is 21.1. The molecule has 2 N–H and O–H groups in total. The molecule has 0 saturated carbocycles. The van der Waals surface area contributed by atoms with Gasteiger partial charge < -0.3 is 14.7 Å². The van der Waals surface area contributed by atoms with Crippen LogP contribution in [0.2, 0.25) is 5.02 Å². The molecule has 1 unspecified atom stereocenters. The molecule has 33 heavy (non-hydrogen) atoms. The van der Waals surface area contributed by atoms with Crippen LogP contribution in [0.3, 0.4) is 0 Å². The summed E-state index contributed by atoms with van der Waals surface area (Å²) in [5, 5.41) is 10.0. The molecule has 10 heteroatoms. The number of piperidine rings is 1. The fourth-order valence-electron chi connectivity index (χ4n) is 4.06. The Kier molecular flexibility index (Phi) is 5.33. The minimum Gasteiger partial charge on any atom is -0.334 e. The zero-order valence-corrected chi connectivity index (χ0v) is 18.5. The molecule has 1 atom stereocenters. The minimum absolute atomic E-state index is 0.197. The first-order valence-corrected chi connectivity index (χ1v) is 10.9. The van der Waals surface area contributed by atoms with E-state index in [2.05, 4.69) is 20.8 Å². The number of imide groups is 1. The summed E-state index contributed by atoms with van der Waals surface area (Å²) in [4.78, 5) is 42.3. The van der Waals surface area contributed by atoms with Crippen molar-refractivity contribution in [3.8, 4) is 11.4 Å². The summed E-state index contributed by atoms with van der Waals surface area (Å²) in [5.41, 5.74) is 4.05. The van der Waals surface area contributed by atoms with Crippen LogP contribution in [-0.2, 0) is 22.7 Å². The number of anilines is 1. The van der Waals surface area contributed by atoms with E-state index in [-0.39, 0.29) is 24.2 Å². The van der Waals surface area contributed by atoms with Gasteiger partial charge in [-0.05, 0) is 42.2 Å². The first-order chi connectivity index (χ1) is 15.9. The molecule has 0 radical (unpaired) electrons. The number of amides is 3. The van der Waals surface area contributed by atoms with Gasteiger partial charge in [-0.1, -0.05) is 41.0 Å². The fourth-order valence-corrected chi connectivity index (χ4v) is 4.24. The van der Waals surface area contributed by atoms with E-state index in [1.165, 1.54) is 4.90 Å². The Morgan fingerprint density at radius 1 is 1.21 bits per heavy atom. The molecule has 1 fully saturated rings. The molecule has 3 amide bonds. The zero-order chi connectivity index (χ0) is 23.1. The standard InChI is InChI=1S/C23H20ClN5O4/c1-12-2-4-14(9-17(12)24)20-27-23(33-28-20)25-10-13-3-5-16-15(8-13)11-29(22(16)32)18-6-7-19(30)26-21(18)31/h2-5,8-9,18H,6-7,10-11H2,1H3,(H,25,27,28)(H,26,30,31). The van der Waals surface area contributed by atoms with Crippen LogP contribution in [0, 0.1) is 6.92 Å². The Bertz CT molecular complexity index is 1290. The number of aromatic nitrogens is 2. The maximum Gasteiger partial charge on any atom is 0.322 e. The highest BCUT2D eigenvalue weighted by Gasteiger charge is 2.39. The van der Waals surface area contributed by atoms with Gasteiger partial charge in [-0.3, -0.25) is 19.7 Å². The van der Waals surface area contributed by atoms with E-state index in [0.29, 0.717) is 35.9 Å². The van der Waals surface area contributed by atoms with Crippen LogP contribution in [-0.4, -0.2) is 38.8 Å². The highest BCUT2D eigenvalue weighted by atomic mass is 35.5. The Morgan fingerprint density at radius 3 is 2.85 bits per heavy atom. The van der Waals surface area contributed by atoms with E-state index in [9.17, 15) is 14.4 Å². The molecule has 2 aliphatic rings. The Labute approximate surface area is 194 Å². The predicted molar refractivity (Wildman–Crippen MR) is 119 cm³/mol. The Hall–Kier alpha value is -3.72. The smallest absolute Gasteiger partial charge is 0.322 e.